The number of methoxy groups -OCH3 is 1. The lowest BCUT2D eigenvalue weighted by Crippen LogP contribution is -2.35. The van der Waals surface area contributed by atoms with Gasteiger partial charge < -0.3 is 9.64 Å². The number of anilines is 1. The third-order valence-corrected chi connectivity index (χ3v) is 4.31. The molecule has 0 unspecified atom stereocenters. The highest BCUT2D eigenvalue weighted by atomic mass is 32.1. The molecule has 6 heteroatoms. The first-order valence-electron chi connectivity index (χ1n) is 6.48. The summed E-state index contributed by atoms with van der Waals surface area (Å²) in [7, 11) is 1.65. The second kappa shape index (κ2) is 5.20. The van der Waals surface area contributed by atoms with Crippen molar-refractivity contribution in [2.75, 3.05) is 18.6 Å². The molecule has 1 aromatic carbocycles. The van der Waals surface area contributed by atoms with Crippen molar-refractivity contribution in [1.82, 2.24) is 9.59 Å². The van der Waals surface area contributed by atoms with Crippen LogP contribution < -0.4 is 9.64 Å². The predicted octanol–water partition coefficient (Wildman–Crippen LogP) is 2.45. The Morgan fingerprint density at radius 2 is 2.30 bits per heavy atom. The van der Waals surface area contributed by atoms with Gasteiger partial charge in [-0.15, -0.1) is 5.10 Å². The maximum atomic E-state index is 12.6. The Bertz CT molecular complexity index is 654. The van der Waals surface area contributed by atoms with Gasteiger partial charge in [-0.2, -0.15) is 0 Å². The molecule has 0 saturated carbocycles. The monoisotopic (exact) mass is 289 g/mol. The Kier molecular flexibility index (Phi) is 3.40. The molecule has 1 aromatic heterocycles. The van der Waals surface area contributed by atoms with Crippen molar-refractivity contribution in [3.05, 3.63) is 34.3 Å². The molecule has 3 rings (SSSR count). The van der Waals surface area contributed by atoms with Crippen molar-refractivity contribution in [3.8, 4) is 5.75 Å². The number of aryl methyl sites for hydroxylation is 2. The minimum absolute atomic E-state index is 0.0105. The average molecular weight is 289 g/mol. The van der Waals surface area contributed by atoms with E-state index >= 15 is 0 Å². The lowest BCUT2D eigenvalue weighted by atomic mass is 10.0. The van der Waals surface area contributed by atoms with E-state index in [1.807, 2.05) is 30.0 Å². The summed E-state index contributed by atoms with van der Waals surface area (Å²) in [5, 5.41) is 3.92. The number of amides is 1. The molecule has 0 atom stereocenters. The van der Waals surface area contributed by atoms with Gasteiger partial charge in [0.15, 0.2) is 0 Å². The van der Waals surface area contributed by atoms with Crippen LogP contribution in [-0.4, -0.2) is 29.1 Å². The summed E-state index contributed by atoms with van der Waals surface area (Å²) < 4.78 is 9.09. The molecule has 1 aliphatic heterocycles. The number of aromatic nitrogens is 2. The fraction of sp³-hybridized carbons (Fsp3) is 0.357. The third-order valence-electron chi connectivity index (χ3n) is 3.50. The van der Waals surface area contributed by atoms with Gasteiger partial charge in [0.05, 0.1) is 12.8 Å². The highest BCUT2D eigenvalue weighted by molar-refractivity contribution is 7.08. The van der Waals surface area contributed by atoms with Crippen LogP contribution in [0.3, 0.4) is 0 Å². The van der Waals surface area contributed by atoms with Gasteiger partial charge in [-0.05, 0) is 55.1 Å². The van der Waals surface area contributed by atoms with Crippen molar-refractivity contribution < 1.29 is 9.53 Å². The molecular formula is C14H15N3O2S. The van der Waals surface area contributed by atoms with Crippen molar-refractivity contribution in [1.29, 1.82) is 0 Å². The highest BCUT2D eigenvalue weighted by Gasteiger charge is 2.26. The highest BCUT2D eigenvalue weighted by Crippen LogP contribution is 2.32. The van der Waals surface area contributed by atoms with Crippen LogP contribution in [-0.2, 0) is 6.42 Å². The number of ether oxygens (including phenoxy) is 1. The molecule has 104 valence electrons. The molecule has 5 nitrogen and oxygen atoms in total. The van der Waals surface area contributed by atoms with Crippen LogP contribution in [0, 0.1) is 6.92 Å². The number of rotatable bonds is 2. The molecule has 0 spiro atoms. The summed E-state index contributed by atoms with van der Waals surface area (Å²) in [5.41, 5.74) is 2.81. The number of fused-ring (bicyclic) bond motifs is 1. The van der Waals surface area contributed by atoms with E-state index in [4.69, 9.17) is 4.74 Å². The van der Waals surface area contributed by atoms with E-state index in [1.165, 1.54) is 0 Å². The Morgan fingerprint density at radius 1 is 1.45 bits per heavy atom. The molecule has 0 N–H and O–H groups in total. The topological polar surface area (TPSA) is 55.3 Å². The van der Waals surface area contributed by atoms with Gasteiger partial charge in [0.2, 0.25) is 0 Å². The van der Waals surface area contributed by atoms with Crippen molar-refractivity contribution in [2.24, 2.45) is 0 Å². The van der Waals surface area contributed by atoms with E-state index in [0.29, 0.717) is 10.6 Å². The Labute approximate surface area is 121 Å². The molecule has 0 fully saturated rings. The van der Waals surface area contributed by atoms with Gasteiger partial charge in [-0.25, -0.2) is 0 Å². The first-order valence-corrected chi connectivity index (χ1v) is 7.26. The van der Waals surface area contributed by atoms with E-state index in [0.717, 1.165) is 47.9 Å². The van der Waals surface area contributed by atoms with Crippen LogP contribution in [0.25, 0.3) is 0 Å². The van der Waals surface area contributed by atoms with E-state index in [-0.39, 0.29) is 5.91 Å². The minimum Gasteiger partial charge on any atom is -0.497 e. The van der Waals surface area contributed by atoms with E-state index in [2.05, 4.69) is 9.59 Å². The number of hydrogen-bond acceptors (Lipinski definition) is 5. The van der Waals surface area contributed by atoms with Crippen LogP contribution >= 0.6 is 11.5 Å². The molecule has 0 saturated heterocycles. The zero-order chi connectivity index (χ0) is 14.1. The molecular weight excluding hydrogens is 274 g/mol. The number of benzene rings is 1. The standard InChI is InChI=1S/C14H15N3O2S/c1-9-13(20-16-15-9)14(18)17-7-3-4-10-8-11(19-2)5-6-12(10)17/h5-6,8H,3-4,7H2,1-2H3. The average Bonchev–Trinajstić information content (AvgIpc) is 2.91. The van der Waals surface area contributed by atoms with Gasteiger partial charge in [0, 0.05) is 12.2 Å². The molecule has 0 radical (unpaired) electrons. The van der Waals surface area contributed by atoms with E-state index in [9.17, 15) is 4.79 Å². The maximum absolute atomic E-state index is 12.6. The first kappa shape index (κ1) is 13.1. The first-order chi connectivity index (χ1) is 9.70. The summed E-state index contributed by atoms with van der Waals surface area (Å²) >= 11 is 1.16. The SMILES string of the molecule is COc1ccc2c(c1)CCCN2C(=O)c1snnc1C. The third kappa shape index (κ3) is 2.16. The minimum atomic E-state index is -0.0105. The zero-order valence-corrected chi connectivity index (χ0v) is 12.2. The Hall–Kier alpha value is -1.95. The number of hydrogen-bond donors (Lipinski definition) is 0. The van der Waals surface area contributed by atoms with E-state index in [1.54, 1.807) is 7.11 Å². The molecule has 0 aliphatic carbocycles. The molecule has 20 heavy (non-hydrogen) atoms. The smallest absolute Gasteiger partial charge is 0.271 e. The molecule has 0 bridgehead atoms. The van der Waals surface area contributed by atoms with Gasteiger partial charge in [0.25, 0.3) is 5.91 Å². The fourth-order valence-electron chi connectivity index (χ4n) is 2.46. The van der Waals surface area contributed by atoms with Crippen molar-refractivity contribution in [3.63, 3.8) is 0 Å². The fourth-order valence-corrected chi connectivity index (χ4v) is 3.07. The number of carbonyl (C=O) groups is 1. The summed E-state index contributed by atoms with van der Waals surface area (Å²) in [6.07, 6.45) is 1.92. The van der Waals surface area contributed by atoms with Gasteiger partial charge >= 0.3 is 0 Å². The Morgan fingerprint density at radius 3 is 3.00 bits per heavy atom. The van der Waals surface area contributed by atoms with Crippen molar-refractivity contribution in [2.45, 2.75) is 19.8 Å². The van der Waals surface area contributed by atoms with Crippen molar-refractivity contribution >= 4 is 23.1 Å². The normalized spacial score (nSPS) is 14.0. The summed E-state index contributed by atoms with van der Waals surface area (Å²) in [6, 6.07) is 5.85. The largest absolute Gasteiger partial charge is 0.497 e. The van der Waals surface area contributed by atoms with Crippen LogP contribution in [0.15, 0.2) is 18.2 Å². The quantitative estimate of drug-likeness (QED) is 0.852. The molecule has 2 heterocycles. The Balaban J connectivity index is 1.98. The summed E-state index contributed by atoms with van der Waals surface area (Å²) in [4.78, 5) is 15.1. The van der Waals surface area contributed by atoms with Gasteiger partial charge in [-0.3, -0.25) is 4.79 Å². The summed E-state index contributed by atoms with van der Waals surface area (Å²) in [6.45, 7) is 2.55. The summed E-state index contributed by atoms with van der Waals surface area (Å²) in [5.74, 6) is 0.817. The second-order valence-electron chi connectivity index (χ2n) is 4.74. The second-order valence-corrected chi connectivity index (χ2v) is 5.50. The number of nitrogens with zero attached hydrogens (tertiary/aromatic N) is 3. The van der Waals surface area contributed by atoms with Crippen LogP contribution in [0.4, 0.5) is 5.69 Å². The van der Waals surface area contributed by atoms with Gasteiger partial charge in [-0.1, -0.05) is 4.49 Å². The van der Waals surface area contributed by atoms with Gasteiger partial charge in [0.1, 0.15) is 10.6 Å². The molecule has 1 amide bonds. The van der Waals surface area contributed by atoms with Crippen LogP contribution in [0.1, 0.15) is 27.3 Å². The predicted molar refractivity (Wildman–Crippen MR) is 77.6 cm³/mol. The van der Waals surface area contributed by atoms with E-state index < -0.39 is 0 Å². The number of carbonyl (C=O) groups excluding carboxylic acids is 1. The molecule has 1 aliphatic rings. The van der Waals surface area contributed by atoms with Crippen LogP contribution in [0.2, 0.25) is 0 Å². The van der Waals surface area contributed by atoms with Crippen LogP contribution in [0.5, 0.6) is 5.75 Å². The molecule has 2 aromatic rings. The maximum Gasteiger partial charge on any atom is 0.271 e. The lowest BCUT2D eigenvalue weighted by molar-refractivity contribution is 0.0988. The lowest BCUT2D eigenvalue weighted by Gasteiger charge is -2.29. The zero-order valence-electron chi connectivity index (χ0n) is 11.4.